The van der Waals surface area contributed by atoms with Crippen molar-refractivity contribution in [3.05, 3.63) is 53.1 Å². The maximum atomic E-state index is 16.8. The smallest absolute Gasteiger partial charge is 0.344 e. The summed E-state index contributed by atoms with van der Waals surface area (Å²) in [5.74, 6) is -1.66. The molecule has 0 bridgehead atoms. The Kier molecular flexibility index (Phi) is 7.99. The van der Waals surface area contributed by atoms with Gasteiger partial charge in [0.2, 0.25) is 0 Å². The molecule has 256 valence electrons. The molecule has 17 heteroatoms. The van der Waals surface area contributed by atoms with Crippen molar-refractivity contribution in [2.24, 2.45) is 0 Å². The topological polar surface area (TPSA) is 127 Å². The molecule has 8 rings (SSSR count). The van der Waals surface area contributed by atoms with Crippen LogP contribution in [0.5, 0.6) is 6.01 Å². The lowest BCUT2D eigenvalue weighted by molar-refractivity contribution is 0.107. The summed E-state index contributed by atoms with van der Waals surface area (Å²) in [6.07, 6.45) is 4.05. The van der Waals surface area contributed by atoms with Gasteiger partial charge in [-0.15, -0.1) is 0 Å². The number of piperidine rings is 1. The number of carbonyl (C=O) groups excluding carboxylic acids is 1. The summed E-state index contributed by atoms with van der Waals surface area (Å²) in [5, 5.41) is 7.57. The van der Waals surface area contributed by atoms with Gasteiger partial charge in [-0.3, -0.25) is 4.90 Å². The number of hydrogen-bond acceptors (Lipinski definition) is 10. The van der Waals surface area contributed by atoms with Gasteiger partial charge in [0.25, 0.3) is 0 Å². The summed E-state index contributed by atoms with van der Waals surface area (Å²) < 4.78 is 66.6. The van der Waals surface area contributed by atoms with E-state index in [2.05, 4.69) is 30.3 Å². The molecule has 1 amide bonds. The number of nitrogens with one attached hydrogen (secondary N) is 1. The summed E-state index contributed by atoms with van der Waals surface area (Å²) in [4.78, 5) is 29.8. The maximum absolute atomic E-state index is 16.8. The standard InChI is InChI=1S/C32H30ClF4N9O2S/c33-21-10-20-25(24(37)23(21)19-2-3-22(36)27-26(19)41-29(38)49-27)42-30(48-15-32-6-1-7-45(32)13-16(34)11-32)43-28(20)40-18-4-8-44(9-5-18)31(47)46-14-17(35)12-39-46/h2-3,10,12,14,16,18H,1,4-9,11,13,15H2,(H2,38,41)(H,40,42,43)/t16-,32+/m1/s1. The molecule has 0 radical (unpaired) electrons. The van der Waals surface area contributed by atoms with Gasteiger partial charge in [0.1, 0.15) is 29.9 Å². The average molecular weight is 716 g/mol. The molecule has 2 atom stereocenters. The fraction of sp³-hybridized carbons (Fsp3) is 0.406. The number of alkyl halides is 1. The highest BCUT2D eigenvalue weighted by atomic mass is 35.5. The van der Waals surface area contributed by atoms with Gasteiger partial charge in [-0.25, -0.2) is 27.3 Å². The Morgan fingerprint density at radius 3 is 2.73 bits per heavy atom. The molecule has 3 aliphatic heterocycles. The first-order valence-electron chi connectivity index (χ1n) is 15.9. The fourth-order valence-corrected chi connectivity index (χ4v) is 8.45. The van der Waals surface area contributed by atoms with Crippen molar-refractivity contribution < 1.29 is 27.1 Å². The Bertz CT molecular complexity index is 2110. The van der Waals surface area contributed by atoms with Crippen LogP contribution in [0.15, 0.2) is 30.6 Å². The third kappa shape index (κ3) is 5.68. The number of carbonyl (C=O) groups is 1. The number of halogens is 5. The monoisotopic (exact) mass is 715 g/mol. The van der Waals surface area contributed by atoms with Gasteiger partial charge >= 0.3 is 12.0 Å². The van der Waals surface area contributed by atoms with Crippen LogP contribution < -0.4 is 15.8 Å². The molecular weight excluding hydrogens is 686 g/mol. The number of rotatable bonds is 6. The number of nitrogen functional groups attached to an aromatic ring is 1. The number of anilines is 2. The van der Waals surface area contributed by atoms with Crippen molar-refractivity contribution in [3.8, 4) is 17.1 Å². The molecule has 0 saturated carbocycles. The molecule has 11 nitrogen and oxygen atoms in total. The summed E-state index contributed by atoms with van der Waals surface area (Å²) in [7, 11) is 0. The van der Waals surface area contributed by atoms with Crippen molar-refractivity contribution in [1.82, 2.24) is 34.5 Å². The van der Waals surface area contributed by atoms with E-state index in [1.807, 2.05) is 0 Å². The van der Waals surface area contributed by atoms with Gasteiger partial charge in [-0.2, -0.15) is 19.7 Å². The van der Waals surface area contributed by atoms with Crippen LogP contribution in [0, 0.1) is 17.5 Å². The number of aromatic nitrogens is 5. The molecule has 0 spiro atoms. The van der Waals surface area contributed by atoms with Gasteiger partial charge in [0.15, 0.2) is 16.8 Å². The summed E-state index contributed by atoms with van der Waals surface area (Å²) >= 11 is 7.70. The highest BCUT2D eigenvalue weighted by Crippen LogP contribution is 2.43. The SMILES string of the molecule is Nc1nc2c(-c3c(Cl)cc4c(NC5CCN(C(=O)n6cc(F)cn6)CC5)nc(OC[C@@]56CCCN5C[C@H](F)C6)nc4c3F)ccc(F)c2s1. The predicted molar refractivity (Wildman–Crippen MR) is 177 cm³/mol. The molecular formula is C32H30ClF4N9O2S. The molecule has 6 heterocycles. The molecule has 0 unspecified atom stereocenters. The lowest BCUT2D eigenvalue weighted by atomic mass is 9.95. The van der Waals surface area contributed by atoms with Gasteiger partial charge < -0.3 is 20.7 Å². The maximum Gasteiger partial charge on any atom is 0.344 e. The molecule has 3 fully saturated rings. The second-order valence-corrected chi connectivity index (χ2v) is 14.2. The second kappa shape index (κ2) is 12.2. The number of likely N-dealkylation sites (tertiary alicyclic amines) is 1. The molecule has 3 aromatic heterocycles. The zero-order chi connectivity index (χ0) is 34.0. The van der Waals surface area contributed by atoms with Gasteiger partial charge in [0, 0.05) is 48.6 Å². The number of thiazole rings is 1. The zero-order valence-electron chi connectivity index (χ0n) is 25.9. The van der Waals surface area contributed by atoms with E-state index in [0.717, 1.165) is 47.8 Å². The zero-order valence-corrected chi connectivity index (χ0v) is 27.5. The van der Waals surface area contributed by atoms with Crippen LogP contribution in [0.25, 0.3) is 32.2 Å². The summed E-state index contributed by atoms with van der Waals surface area (Å²) in [6, 6.07) is 3.43. The van der Waals surface area contributed by atoms with E-state index >= 15 is 4.39 Å². The largest absolute Gasteiger partial charge is 0.461 e. The number of ether oxygens (including phenoxy) is 1. The highest BCUT2D eigenvalue weighted by Gasteiger charge is 2.49. The molecule has 3 N–H and O–H groups in total. The first-order chi connectivity index (χ1) is 23.6. The number of hydrogen-bond donors (Lipinski definition) is 2. The summed E-state index contributed by atoms with van der Waals surface area (Å²) in [5.41, 5.74) is 5.71. The van der Waals surface area contributed by atoms with Crippen LogP contribution in [0.3, 0.4) is 0 Å². The number of nitrogens with two attached hydrogens (primary N) is 1. The van der Waals surface area contributed by atoms with E-state index in [-0.39, 0.29) is 66.9 Å². The van der Waals surface area contributed by atoms with Crippen LogP contribution in [0.1, 0.15) is 32.1 Å². The first-order valence-corrected chi connectivity index (χ1v) is 17.1. The van der Waals surface area contributed by atoms with E-state index in [9.17, 15) is 18.0 Å². The van der Waals surface area contributed by atoms with Crippen LogP contribution in [-0.2, 0) is 0 Å². The lowest BCUT2D eigenvalue weighted by Crippen LogP contribution is -2.44. The third-order valence-corrected chi connectivity index (χ3v) is 10.9. The Balaban J connectivity index is 1.15. The molecule has 5 aromatic rings. The van der Waals surface area contributed by atoms with Gasteiger partial charge in [0.05, 0.1) is 33.2 Å². The minimum Gasteiger partial charge on any atom is -0.461 e. The Labute approximate surface area is 286 Å². The first kappa shape index (κ1) is 32.0. The molecule has 3 saturated heterocycles. The molecule has 49 heavy (non-hydrogen) atoms. The van der Waals surface area contributed by atoms with Crippen molar-refractivity contribution in [2.75, 3.05) is 43.8 Å². The minimum absolute atomic E-state index is 0.0251. The van der Waals surface area contributed by atoms with Crippen LogP contribution in [0.2, 0.25) is 5.02 Å². The molecule has 3 aliphatic rings. The van der Waals surface area contributed by atoms with Crippen molar-refractivity contribution >= 4 is 61.0 Å². The van der Waals surface area contributed by atoms with Crippen LogP contribution in [-0.4, -0.2) is 91.1 Å². The quantitative estimate of drug-likeness (QED) is 0.196. The minimum atomic E-state index is -0.960. The third-order valence-electron chi connectivity index (χ3n) is 9.73. The Morgan fingerprint density at radius 2 is 1.96 bits per heavy atom. The van der Waals surface area contributed by atoms with Crippen LogP contribution in [0.4, 0.5) is 33.3 Å². The number of fused-ring (bicyclic) bond motifs is 3. The normalized spacial score (nSPS) is 21.6. The Morgan fingerprint density at radius 1 is 1.14 bits per heavy atom. The van der Waals surface area contributed by atoms with Crippen molar-refractivity contribution in [2.45, 2.75) is 49.9 Å². The van der Waals surface area contributed by atoms with E-state index < -0.39 is 35.2 Å². The second-order valence-electron chi connectivity index (χ2n) is 12.8. The van der Waals surface area contributed by atoms with E-state index in [1.54, 1.807) is 11.0 Å². The number of benzene rings is 2. The van der Waals surface area contributed by atoms with Crippen molar-refractivity contribution in [1.29, 1.82) is 0 Å². The van der Waals surface area contributed by atoms with Gasteiger partial charge in [-0.05, 0) is 50.4 Å². The summed E-state index contributed by atoms with van der Waals surface area (Å²) in [6.45, 7) is 1.95. The number of amides is 1. The number of nitrogens with zero attached hydrogens (tertiary/aromatic N) is 7. The van der Waals surface area contributed by atoms with Crippen LogP contribution >= 0.6 is 22.9 Å². The average Bonchev–Trinajstić information content (AvgIpc) is 3.85. The van der Waals surface area contributed by atoms with E-state index in [4.69, 9.17) is 22.1 Å². The lowest BCUT2D eigenvalue weighted by Gasteiger charge is -2.32. The highest BCUT2D eigenvalue weighted by molar-refractivity contribution is 7.22. The Hall–Kier alpha value is -4.28. The molecule has 2 aromatic carbocycles. The van der Waals surface area contributed by atoms with Crippen molar-refractivity contribution in [3.63, 3.8) is 0 Å². The molecule has 0 aliphatic carbocycles. The van der Waals surface area contributed by atoms with Gasteiger partial charge in [-0.1, -0.05) is 22.9 Å². The van der Waals surface area contributed by atoms with E-state index in [0.29, 0.717) is 38.9 Å². The predicted octanol–water partition coefficient (Wildman–Crippen LogP) is 6.26. The van der Waals surface area contributed by atoms with E-state index in [1.165, 1.54) is 12.1 Å². The fourth-order valence-electron chi connectivity index (χ4n) is 7.40.